The van der Waals surface area contributed by atoms with E-state index in [1.807, 2.05) is 0 Å². The maximum Gasteiger partial charge on any atom is 0.256 e. The highest BCUT2D eigenvalue weighted by atomic mass is 16.2. The van der Waals surface area contributed by atoms with E-state index in [0.29, 0.717) is 30.9 Å². The molecule has 1 saturated heterocycles. The molecule has 1 N–H and O–H groups in total. The maximum atomic E-state index is 12.6. The highest BCUT2D eigenvalue weighted by Gasteiger charge is 2.33. The first-order valence-electron chi connectivity index (χ1n) is 6.67. The normalized spacial score (nSPS) is 18.8. The number of hydrogen-bond donors (Lipinski definition) is 1. The van der Waals surface area contributed by atoms with Gasteiger partial charge in [-0.1, -0.05) is 0 Å². The Morgan fingerprint density at radius 3 is 2.85 bits per heavy atom. The molecule has 1 aromatic heterocycles. The lowest BCUT2D eigenvalue weighted by Gasteiger charge is -2.36. The summed E-state index contributed by atoms with van der Waals surface area (Å²) in [5, 5.41) is 3.16. The molecule has 2 rings (SSSR count). The summed E-state index contributed by atoms with van der Waals surface area (Å²) in [5.74, 6) is -0.190. The van der Waals surface area contributed by atoms with Crippen LogP contribution < -0.4 is 5.32 Å². The summed E-state index contributed by atoms with van der Waals surface area (Å²) in [6.45, 7) is 3.51. The highest BCUT2D eigenvalue weighted by molar-refractivity contribution is 5.98. The van der Waals surface area contributed by atoms with Crippen molar-refractivity contribution >= 4 is 11.8 Å². The van der Waals surface area contributed by atoms with Gasteiger partial charge in [-0.3, -0.25) is 14.6 Å². The van der Waals surface area contributed by atoms with E-state index < -0.39 is 6.04 Å². The van der Waals surface area contributed by atoms with Gasteiger partial charge in [-0.05, 0) is 19.1 Å². The lowest BCUT2D eigenvalue weighted by atomic mass is 10.1. The van der Waals surface area contributed by atoms with Gasteiger partial charge in [0.2, 0.25) is 5.91 Å². The van der Waals surface area contributed by atoms with Gasteiger partial charge in [0.15, 0.2) is 0 Å². The molecule has 0 bridgehead atoms. The summed E-state index contributed by atoms with van der Waals surface area (Å²) < 4.78 is 0. The van der Waals surface area contributed by atoms with Crippen molar-refractivity contribution in [3.63, 3.8) is 0 Å². The molecule has 0 aromatic carbocycles. The summed E-state index contributed by atoms with van der Waals surface area (Å²) in [6.07, 6.45) is 1.66. The lowest BCUT2D eigenvalue weighted by molar-refractivity contribution is -0.134. The van der Waals surface area contributed by atoms with Crippen LogP contribution in [0.2, 0.25) is 0 Å². The molecule has 1 atom stereocenters. The second-order valence-electron chi connectivity index (χ2n) is 5.09. The van der Waals surface area contributed by atoms with Crippen LogP contribution in [0.5, 0.6) is 0 Å². The van der Waals surface area contributed by atoms with Crippen molar-refractivity contribution in [3.05, 3.63) is 29.6 Å². The number of piperazine rings is 1. The molecule has 6 nitrogen and oxygen atoms in total. The minimum atomic E-state index is -0.453. The van der Waals surface area contributed by atoms with Crippen LogP contribution >= 0.6 is 0 Å². The van der Waals surface area contributed by atoms with Crippen molar-refractivity contribution in [2.75, 3.05) is 33.7 Å². The first-order valence-corrected chi connectivity index (χ1v) is 6.67. The van der Waals surface area contributed by atoms with E-state index in [1.165, 1.54) is 4.90 Å². The second-order valence-corrected chi connectivity index (χ2v) is 5.09. The SMILES string of the molecule is Cc1ncccc1C(=O)N1CCNCC1C(=O)N(C)C. The third-order valence-corrected chi connectivity index (χ3v) is 3.47. The van der Waals surface area contributed by atoms with Gasteiger partial charge in [0.25, 0.3) is 5.91 Å². The molecule has 6 heteroatoms. The number of likely N-dealkylation sites (N-methyl/N-ethyl adjacent to an activating group) is 1. The maximum absolute atomic E-state index is 12.6. The van der Waals surface area contributed by atoms with Crippen LogP contribution in [-0.2, 0) is 4.79 Å². The van der Waals surface area contributed by atoms with Crippen LogP contribution in [0.3, 0.4) is 0 Å². The fourth-order valence-corrected chi connectivity index (χ4v) is 2.33. The van der Waals surface area contributed by atoms with Crippen molar-refractivity contribution in [1.82, 2.24) is 20.1 Å². The summed E-state index contributed by atoms with van der Waals surface area (Å²) in [4.78, 5) is 32.2. The summed E-state index contributed by atoms with van der Waals surface area (Å²) in [6, 6.07) is 3.04. The Morgan fingerprint density at radius 1 is 1.45 bits per heavy atom. The Hall–Kier alpha value is -1.95. The molecule has 20 heavy (non-hydrogen) atoms. The molecule has 0 saturated carbocycles. The quantitative estimate of drug-likeness (QED) is 0.819. The Balaban J connectivity index is 2.26. The Morgan fingerprint density at radius 2 is 2.20 bits per heavy atom. The van der Waals surface area contributed by atoms with Gasteiger partial charge in [-0.2, -0.15) is 0 Å². The van der Waals surface area contributed by atoms with Gasteiger partial charge < -0.3 is 15.1 Å². The second kappa shape index (κ2) is 6.00. The van der Waals surface area contributed by atoms with Crippen molar-refractivity contribution in [1.29, 1.82) is 0 Å². The zero-order valence-corrected chi connectivity index (χ0v) is 12.1. The monoisotopic (exact) mass is 276 g/mol. The van der Waals surface area contributed by atoms with Crippen molar-refractivity contribution < 1.29 is 9.59 Å². The van der Waals surface area contributed by atoms with Crippen molar-refractivity contribution in [3.8, 4) is 0 Å². The van der Waals surface area contributed by atoms with Gasteiger partial charge in [0, 0.05) is 45.6 Å². The Bertz CT molecular complexity index is 516. The topological polar surface area (TPSA) is 65.5 Å². The molecule has 0 radical (unpaired) electrons. The molecular weight excluding hydrogens is 256 g/mol. The van der Waals surface area contributed by atoms with Crippen molar-refractivity contribution in [2.45, 2.75) is 13.0 Å². The molecule has 2 heterocycles. The molecule has 2 amide bonds. The fraction of sp³-hybridized carbons (Fsp3) is 0.500. The van der Waals surface area contributed by atoms with E-state index >= 15 is 0 Å². The van der Waals surface area contributed by atoms with Crippen LogP contribution in [0.25, 0.3) is 0 Å². The number of nitrogens with zero attached hydrogens (tertiary/aromatic N) is 3. The zero-order valence-electron chi connectivity index (χ0n) is 12.1. The number of rotatable bonds is 2. The first-order chi connectivity index (χ1) is 9.52. The molecule has 0 spiro atoms. The number of aromatic nitrogens is 1. The van der Waals surface area contributed by atoms with Crippen LogP contribution in [0.15, 0.2) is 18.3 Å². The smallest absolute Gasteiger partial charge is 0.256 e. The summed E-state index contributed by atoms with van der Waals surface area (Å²) >= 11 is 0. The molecule has 0 aliphatic carbocycles. The minimum Gasteiger partial charge on any atom is -0.347 e. The van der Waals surface area contributed by atoms with Crippen LogP contribution in [-0.4, -0.2) is 66.4 Å². The van der Waals surface area contributed by atoms with Gasteiger partial charge in [0.05, 0.1) is 5.56 Å². The third kappa shape index (κ3) is 2.80. The first kappa shape index (κ1) is 14.5. The van der Waals surface area contributed by atoms with Crippen LogP contribution in [0.1, 0.15) is 16.1 Å². The average molecular weight is 276 g/mol. The van der Waals surface area contributed by atoms with Gasteiger partial charge in [-0.25, -0.2) is 0 Å². The zero-order chi connectivity index (χ0) is 14.7. The summed E-state index contributed by atoms with van der Waals surface area (Å²) in [7, 11) is 3.41. The third-order valence-electron chi connectivity index (χ3n) is 3.47. The van der Waals surface area contributed by atoms with E-state index in [0.717, 1.165) is 0 Å². The predicted octanol–water partition coefficient (Wildman–Crippen LogP) is -0.108. The average Bonchev–Trinajstić information content (AvgIpc) is 2.46. The van der Waals surface area contributed by atoms with E-state index in [4.69, 9.17) is 0 Å². The number of amides is 2. The predicted molar refractivity (Wildman–Crippen MR) is 75.4 cm³/mol. The molecule has 1 aromatic rings. The molecule has 108 valence electrons. The molecule has 1 aliphatic rings. The number of nitrogens with one attached hydrogen (secondary N) is 1. The van der Waals surface area contributed by atoms with E-state index in [-0.39, 0.29) is 11.8 Å². The van der Waals surface area contributed by atoms with E-state index in [1.54, 1.807) is 44.2 Å². The van der Waals surface area contributed by atoms with Gasteiger partial charge >= 0.3 is 0 Å². The summed E-state index contributed by atoms with van der Waals surface area (Å²) in [5.41, 5.74) is 1.25. The van der Waals surface area contributed by atoms with Gasteiger partial charge in [-0.15, -0.1) is 0 Å². The Kier molecular flexibility index (Phi) is 4.34. The highest BCUT2D eigenvalue weighted by Crippen LogP contribution is 2.14. The van der Waals surface area contributed by atoms with E-state index in [2.05, 4.69) is 10.3 Å². The Labute approximate surface area is 118 Å². The number of carbonyl (C=O) groups is 2. The number of pyridine rings is 1. The number of hydrogen-bond acceptors (Lipinski definition) is 4. The van der Waals surface area contributed by atoms with Gasteiger partial charge in [0.1, 0.15) is 6.04 Å². The minimum absolute atomic E-state index is 0.0629. The molecular formula is C14H20N4O2. The van der Waals surface area contributed by atoms with Crippen LogP contribution in [0, 0.1) is 6.92 Å². The lowest BCUT2D eigenvalue weighted by Crippen LogP contribution is -2.59. The number of aryl methyl sites for hydroxylation is 1. The molecule has 1 unspecified atom stereocenters. The largest absolute Gasteiger partial charge is 0.347 e. The van der Waals surface area contributed by atoms with E-state index in [9.17, 15) is 9.59 Å². The number of carbonyl (C=O) groups excluding carboxylic acids is 2. The fourth-order valence-electron chi connectivity index (χ4n) is 2.33. The van der Waals surface area contributed by atoms with Crippen molar-refractivity contribution in [2.24, 2.45) is 0 Å². The molecule has 1 fully saturated rings. The standard InChI is InChI=1S/C14H20N4O2/c1-10-11(5-4-6-16-10)13(19)18-8-7-15-9-12(18)14(20)17(2)3/h4-6,12,15H,7-9H2,1-3H3. The van der Waals surface area contributed by atoms with Crippen LogP contribution in [0.4, 0.5) is 0 Å². The molecule has 1 aliphatic heterocycles.